The van der Waals surface area contributed by atoms with Crippen molar-refractivity contribution in [3.05, 3.63) is 53.6 Å². The number of carbonyl (C=O) groups excluding carboxylic acids is 1. The Morgan fingerprint density at radius 3 is 2.48 bits per heavy atom. The third kappa shape index (κ3) is 6.03. The lowest BCUT2D eigenvalue weighted by Gasteiger charge is -2.10. The van der Waals surface area contributed by atoms with E-state index in [-0.39, 0.29) is 18.1 Å². The molecule has 5 heteroatoms. The van der Waals surface area contributed by atoms with Gasteiger partial charge in [0.25, 0.3) is 0 Å². The summed E-state index contributed by atoms with van der Waals surface area (Å²) in [6, 6.07) is 11.2. The fraction of sp³-hybridized carbons (Fsp3) is 0.350. The van der Waals surface area contributed by atoms with Crippen LogP contribution in [0.5, 0.6) is 17.2 Å². The van der Waals surface area contributed by atoms with Crippen molar-refractivity contribution < 1.29 is 24.5 Å². The second kappa shape index (κ2) is 9.57. The number of carbonyl (C=O) groups is 1. The number of hydrogen-bond donors (Lipinski definition) is 2. The molecule has 0 radical (unpaired) electrons. The standard InChI is InChI=1S/C20H24O5/c1-2-3-4-12-24-19-14-16(7-10-18(19)22)20(23)25-13-11-15-5-8-17(21)9-6-15/h5-10,14,21-22H,2-4,11-13H2,1H3. The minimum Gasteiger partial charge on any atom is -0.508 e. The maximum absolute atomic E-state index is 12.1. The van der Waals surface area contributed by atoms with Gasteiger partial charge in [0.15, 0.2) is 11.5 Å². The van der Waals surface area contributed by atoms with Gasteiger partial charge >= 0.3 is 5.97 Å². The molecule has 0 aliphatic rings. The fourth-order valence-electron chi connectivity index (χ4n) is 2.30. The highest BCUT2D eigenvalue weighted by molar-refractivity contribution is 5.90. The van der Waals surface area contributed by atoms with Gasteiger partial charge in [-0.3, -0.25) is 0 Å². The van der Waals surface area contributed by atoms with Gasteiger partial charge < -0.3 is 19.7 Å². The van der Waals surface area contributed by atoms with Crippen LogP contribution in [0.1, 0.15) is 42.1 Å². The maximum Gasteiger partial charge on any atom is 0.338 e. The van der Waals surface area contributed by atoms with Gasteiger partial charge in [0.1, 0.15) is 5.75 Å². The van der Waals surface area contributed by atoms with Crippen LogP contribution in [-0.4, -0.2) is 29.4 Å². The quantitative estimate of drug-likeness (QED) is 0.530. The van der Waals surface area contributed by atoms with E-state index in [2.05, 4.69) is 6.92 Å². The second-order valence-corrected chi connectivity index (χ2v) is 5.79. The fourth-order valence-corrected chi connectivity index (χ4v) is 2.30. The van der Waals surface area contributed by atoms with Crippen molar-refractivity contribution in [3.63, 3.8) is 0 Å². The summed E-state index contributed by atoms with van der Waals surface area (Å²) in [5.41, 5.74) is 1.31. The molecule has 2 rings (SSSR count). The Morgan fingerprint density at radius 1 is 1.00 bits per heavy atom. The molecule has 0 spiro atoms. The van der Waals surface area contributed by atoms with Crippen LogP contribution in [0.25, 0.3) is 0 Å². The molecule has 2 aromatic rings. The van der Waals surface area contributed by atoms with Crippen molar-refractivity contribution in [2.24, 2.45) is 0 Å². The Labute approximate surface area is 147 Å². The highest BCUT2D eigenvalue weighted by Gasteiger charge is 2.11. The van der Waals surface area contributed by atoms with E-state index in [0.717, 1.165) is 24.8 Å². The normalized spacial score (nSPS) is 10.4. The molecule has 0 heterocycles. The zero-order valence-corrected chi connectivity index (χ0v) is 14.4. The third-order valence-corrected chi connectivity index (χ3v) is 3.76. The molecule has 0 aromatic heterocycles. The number of ether oxygens (including phenoxy) is 2. The molecular weight excluding hydrogens is 320 g/mol. The number of phenolic OH excluding ortho intramolecular Hbond substituents is 2. The van der Waals surface area contributed by atoms with Crippen molar-refractivity contribution in [2.75, 3.05) is 13.2 Å². The number of phenols is 2. The average molecular weight is 344 g/mol. The molecule has 0 saturated carbocycles. The molecule has 134 valence electrons. The Kier molecular flexibility index (Phi) is 7.14. The van der Waals surface area contributed by atoms with Gasteiger partial charge in [-0.2, -0.15) is 0 Å². The maximum atomic E-state index is 12.1. The molecule has 0 bridgehead atoms. The van der Waals surface area contributed by atoms with Crippen LogP contribution in [0.3, 0.4) is 0 Å². The van der Waals surface area contributed by atoms with E-state index in [4.69, 9.17) is 9.47 Å². The summed E-state index contributed by atoms with van der Waals surface area (Å²) in [7, 11) is 0. The topological polar surface area (TPSA) is 76.0 Å². The van der Waals surface area contributed by atoms with Gasteiger partial charge in [0.2, 0.25) is 0 Å². The van der Waals surface area contributed by atoms with Crippen molar-refractivity contribution in [1.82, 2.24) is 0 Å². The molecule has 2 aromatic carbocycles. The number of benzene rings is 2. The van der Waals surface area contributed by atoms with Gasteiger partial charge in [0.05, 0.1) is 18.8 Å². The summed E-state index contributed by atoms with van der Waals surface area (Å²) in [5.74, 6) is 0.0507. The minimum absolute atomic E-state index is 0.0112. The predicted molar refractivity (Wildman–Crippen MR) is 95.2 cm³/mol. The van der Waals surface area contributed by atoms with E-state index in [1.165, 1.54) is 18.2 Å². The van der Waals surface area contributed by atoms with E-state index in [1.54, 1.807) is 24.3 Å². The average Bonchev–Trinajstić information content (AvgIpc) is 2.61. The van der Waals surface area contributed by atoms with Crippen LogP contribution in [0.4, 0.5) is 0 Å². The largest absolute Gasteiger partial charge is 0.508 e. The monoisotopic (exact) mass is 344 g/mol. The summed E-state index contributed by atoms with van der Waals surface area (Å²) < 4.78 is 10.8. The Bertz CT molecular complexity index is 679. The van der Waals surface area contributed by atoms with E-state index in [9.17, 15) is 15.0 Å². The van der Waals surface area contributed by atoms with Gasteiger partial charge in [-0.05, 0) is 42.3 Å². The summed E-state index contributed by atoms with van der Waals surface area (Å²) in [4.78, 5) is 12.1. The van der Waals surface area contributed by atoms with Gasteiger partial charge in [0, 0.05) is 6.42 Å². The van der Waals surface area contributed by atoms with E-state index >= 15 is 0 Å². The predicted octanol–water partition coefficient (Wildman–Crippen LogP) is 4.07. The molecule has 0 fully saturated rings. The molecule has 2 N–H and O–H groups in total. The number of rotatable bonds is 9. The van der Waals surface area contributed by atoms with Crippen LogP contribution >= 0.6 is 0 Å². The molecular formula is C20H24O5. The molecule has 0 aliphatic carbocycles. The van der Waals surface area contributed by atoms with E-state index < -0.39 is 5.97 Å². The van der Waals surface area contributed by atoms with Crippen molar-refractivity contribution >= 4 is 5.97 Å². The second-order valence-electron chi connectivity index (χ2n) is 5.79. The molecule has 25 heavy (non-hydrogen) atoms. The lowest BCUT2D eigenvalue weighted by atomic mass is 10.1. The SMILES string of the molecule is CCCCCOc1cc(C(=O)OCCc2ccc(O)cc2)ccc1O. The molecule has 0 atom stereocenters. The summed E-state index contributed by atoms with van der Waals surface area (Å²) in [5, 5.41) is 19.1. The summed E-state index contributed by atoms with van der Waals surface area (Å²) in [6.07, 6.45) is 3.60. The Hall–Kier alpha value is -2.69. The molecule has 0 aliphatic heterocycles. The van der Waals surface area contributed by atoms with E-state index in [0.29, 0.717) is 24.3 Å². The van der Waals surface area contributed by atoms with Crippen LogP contribution in [0, 0.1) is 0 Å². The molecule has 5 nitrogen and oxygen atoms in total. The van der Waals surface area contributed by atoms with E-state index in [1.807, 2.05) is 0 Å². The van der Waals surface area contributed by atoms with Crippen LogP contribution in [0.2, 0.25) is 0 Å². The number of esters is 1. The number of hydrogen-bond acceptors (Lipinski definition) is 5. The van der Waals surface area contributed by atoms with Gasteiger partial charge in [-0.15, -0.1) is 0 Å². The minimum atomic E-state index is -0.461. The summed E-state index contributed by atoms with van der Waals surface area (Å²) in [6.45, 7) is 2.84. The zero-order chi connectivity index (χ0) is 18.1. The van der Waals surface area contributed by atoms with Gasteiger partial charge in [-0.25, -0.2) is 4.79 Å². The molecule has 0 saturated heterocycles. The first-order valence-electron chi connectivity index (χ1n) is 8.51. The first-order valence-corrected chi connectivity index (χ1v) is 8.51. The zero-order valence-electron chi connectivity index (χ0n) is 14.4. The molecule has 0 amide bonds. The van der Waals surface area contributed by atoms with Crippen molar-refractivity contribution in [1.29, 1.82) is 0 Å². The Morgan fingerprint density at radius 2 is 1.76 bits per heavy atom. The number of aromatic hydroxyl groups is 2. The highest BCUT2D eigenvalue weighted by Crippen LogP contribution is 2.27. The summed E-state index contributed by atoms with van der Waals surface area (Å²) >= 11 is 0. The third-order valence-electron chi connectivity index (χ3n) is 3.76. The Balaban J connectivity index is 1.86. The van der Waals surface area contributed by atoms with Crippen LogP contribution in [-0.2, 0) is 11.2 Å². The lowest BCUT2D eigenvalue weighted by Crippen LogP contribution is -2.08. The van der Waals surface area contributed by atoms with Crippen molar-refractivity contribution in [2.45, 2.75) is 32.6 Å². The smallest absolute Gasteiger partial charge is 0.338 e. The first kappa shape index (κ1) is 18.6. The van der Waals surface area contributed by atoms with Crippen molar-refractivity contribution in [3.8, 4) is 17.2 Å². The highest BCUT2D eigenvalue weighted by atomic mass is 16.5. The van der Waals surface area contributed by atoms with Gasteiger partial charge in [-0.1, -0.05) is 31.9 Å². The van der Waals surface area contributed by atoms with Crippen LogP contribution < -0.4 is 4.74 Å². The lowest BCUT2D eigenvalue weighted by molar-refractivity contribution is 0.0508. The van der Waals surface area contributed by atoms with Crippen LogP contribution in [0.15, 0.2) is 42.5 Å². The number of unbranched alkanes of at least 4 members (excludes halogenated alkanes) is 2. The molecule has 0 unspecified atom stereocenters. The first-order chi connectivity index (χ1) is 12.1.